The third kappa shape index (κ3) is 3.52. The molecule has 2 atom stereocenters. The molecule has 0 amide bonds. The van der Waals surface area contributed by atoms with Crippen molar-refractivity contribution in [2.45, 2.75) is 44.9 Å². The number of halogens is 1. The van der Waals surface area contributed by atoms with Crippen LogP contribution in [0.5, 0.6) is 0 Å². The van der Waals surface area contributed by atoms with Gasteiger partial charge in [0, 0.05) is 4.47 Å². The SMILES string of the molecule is CCC(C)(CC(C)c1ccc(Br)cc1)c1ccccc1. The van der Waals surface area contributed by atoms with Gasteiger partial charge in [0.25, 0.3) is 0 Å². The fourth-order valence-corrected chi connectivity index (χ4v) is 3.16. The highest BCUT2D eigenvalue weighted by Gasteiger charge is 2.27. The summed E-state index contributed by atoms with van der Waals surface area (Å²) < 4.78 is 1.15. The van der Waals surface area contributed by atoms with Crippen LogP contribution < -0.4 is 0 Å². The number of rotatable bonds is 5. The number of benzene rings is 2. The van der Waals surface area contributed by atoms with E-state index in [0.717, 1.165) is 10.9 Å². The molecule has 0 aliphatic carbocycles. The quantitative estimate of drug-likeness (QED) is 0.602. The normalized spacial score (nSPS) is 15.6. The van der Waals surface area contributed by atoms with Crippen LogP contribution in [0.1, 0.15) is 50.7 Å². The Morgan fingerprint density at radius 2 is 1.60 bits per heavy atom. The molecule has 2 aromatic rings. The summed E-state index contributed by atoms with van der Waals surface area (Å²) in [6, 6.07) is 19.6. The van der Waals surface area contributed by atoms with E-state index in [2.05, 4.69) is 91.3 Å². The van der Waals surface area contributed by atoms with Crippen molar-refractivity contribution in [2.75, 3.05) is 0 Å². The zero-order valence-electron chi connectivity index (χ0n) is 12.6. The number of hydrogen-bond acceptors (Lipinski definition) is 0. The van der Waals surface area contributed by atoms with E-state index >= 15 is 0 Å². The van der Waals surface area contributed by atoms with Gasteiger partial charge in [-0.1, -0.05) is 79.2 Å². The zero-order valence-corrected chi connectivity index (χ0v) is 14.2. The highest BCUT2D eigenvalue weighted by molar-refractivity contribution is 9.10. The van der Waals surface area contributed by atoms with E-state index in [1.807, 2.05) is 0 Å². The molecule has 0 spiro atoms. The molecule has 2 unspecified atom stereocenters. The highest BCUT2D eigenvalue weighted by Crippen LogP contribution is 2.37. The Kier molecular flexibility index (Phi) is 5.04. The third-order valence-corrected chi connectivity index (χ3v) is 4.98. The Bertz CT molecular complexity index is 529. The third-order valence-electron chi connectivity index (χ3n) is 4.45. The van der Waals surface area contributed by atoms with Gasteiger partial charge in [0.05, 0.1) is 0 Å². The molecule has 1 heteroatoms. The molecular formula is C19H23Br. The molecule has 2 aromatic carbocycles. The number of hydrogen-bond donors (Lipinski definition) is 0. The van der Waals surface area contributed by atoms with E-state index in [-0.39, 0.29) is 5.41 Å². The zero-order chi connectivity index (χ0) is 14.6. The van der Waals surface area contributed by atoms with Crippen LogP contribution in [0, 0.1) is 0 Å². The summed E-state index contributed by atoms with van der Waals surface area (Å²) in [6.45, 7) is 7.01. The van der Waals surface area contributed by atoms with Crippen molar-refractivity contribution in [2.24, 2.45) is 0 Å². The van der Waals surface area contributed by atoms with Gasteiger partial charge in [-0.2, -0.15) is 0 Å². The lowest BCUT2D eigenvalue weighted by Crippen LogP contribution is -2.23. The predicted molar refractivity (Wildman–Crippen MR) is 91.3 cm³/mol. The molecule has 106 valence electrons. The van der Waals surface area contributed by atoms with Crippen molar-refractivity contribution >= 4 is 15.9 Å². The lowest BCUT2D eigenvalue weighted by Gasteiger charge is -2.32. The van der Waals surface area contributed by atoms with Gasteiger partial charge in [-0.25, -0.2) is 0 Å². The van der Waals surface area contributed by atoms with E-state index < -0.39 is 0 Å². The van der Waals surface area contributed by atoms with Gasteiger partial charge in [0.2, 0.25) is 0 Å². The molecule has 0 aromatic heterocycles. The van der Waals surface area contributed by atoms with Crippen LogP contribution in [0.25, 0.3) is 0 Å². The maximum atomic E-state index is 3.51. The van der Waals surface area contributed by atoms with Gasteiger partial charge in [0.15, 0.2) is 0 Å². The van der Waals surface area contributed by atoms with Crippen LogP contribution in [0.4, 0.5) is 0 Å². The second-order valence-electron chi connectivity index (χ2n) is 5.94. The molecule has 0 aliphatic heterocycles. The van der Waals surface area contributed by atoms with Gasteiger partial charge in [0.1, 0.15) is 0 Å². The standard InChI is InChI=1S/C19H23Br/c1-4-19(3,17-8-6-5-7-9-17)14-15(2)16-10-12-18(20)13-11-16/h5-13,15H,4,14H2,1-3H3. The van der Waals surface area contributed by atoms with Crippen LogP contribution >= 0.6 is 15.9 Å². The summed E-state index contributed by atoms with van der Waals surface area (Å²) in [5.41, 5.74) is 3.11. The Labute approximate surface area is 131 Å². The first-order valence-corrected chi connectivity index (χ1v) is 8.15. The molecular weight excluding hydrogens is 308 g/mol. The van der Waals surface area contributed by atoms with Gasteiger partial charge in [-0.05, 0) is 47.4 Å². The molecule has 0 N–H and O–H groups in total. The maximum absolute atomic E-state index is 3.51. The summed E-state index contributed by atoms with van der Waals surface area (Å²) in [6.07, 6.45) is 2.34. The smallest absolute Gasteiger partial charge is 0.0175 e. The largest absolute Gasteiger partial charge is 0.0645 e. The summed E-state index contributed by atoms with van der Waals surface area (Å²) >= 11 is 3.51. The molecule has 0 bridgehead atoms. The highest BCUT2D eigenvalue weighted by atomic mass is 79.9. The van der Waals surface area contributed by atoms with Crippen LogP contribution in [-0.2, 0) is 5.41 Å². The first-order chi connectivity index (χ1) is 9.55. The second-order valence-corrected chi connectivity index (χ2v) is 6.85. The summed E-state index contributed by atoms with van der Waals surface area (Å²) in [7, 11) is 0. The predicted octanol–water partition coefficient (Wildman–Crippen LogP) is 6.31. The van der Waals surface area contributed by atoms with Crippen molar-refractivity contribution in [1.82, 2.24) is 0 Å². The lowest BCUT2D eigenvalue weighted by atomic mass is 9.72. The Morgan fingerprint density at radius 1 is 1.00 bits per heavy atom. The summed E-state index contributed by atoms with van der Waals surface area (Å²) in [4.78, 5) is 0. The van der Waals surface area contributed by atoms with E-state index in [4.69, 9.17) is 0 Å². The minimum Gasteiger partial charge on any atom is -0.0645 e. The molecule has 20 heavy (non-hydrogen) atoms. The molecule has 0 fully saturated rings. The Morgan fingerprint density at radius 3 is 2.15 bits per heavy atom. The van der Waals surface area contributed by atoms with Crippen molar-refractivity contribution in [1.29, 1.82) is 0 Å². The minimum atomic E-state index is 0.244. The molecule has 2 rings (SSSR count). The van der Waals surface area contributed by atoms with E-state index in [9.17, 15) is 0 Å². The topological polar surface area (TPSA) is 0 Å². The average molecular weight is 331 g/mol. The second kappa shape index (κ2) is 6.58. The summed E-state index contributed by atoms with van der Waals surface area (Å²) in [5, 5.41) is 0. The Hall–Kier alpha value is -1.08. The lowest BCUT2D eigenvalue weighted by molar-refractivity contribution is 0.388. The fourth-order valence-electron chi connectivity index (χ4n) is 2.89. The molecule has 0 radical (unpaired) electrons. The molecule has 0 heterocycles. The molecule has 0 aliphatic rings. The van der Waals surface area contributed by atoms with Crippen molar-refractivity contribution in [3.05, 3.63) is 70.2 Å². The Balaban J connectivity index is 2.19. The van der Waals surface area contributed by atoms with E-state index in [1.165, 1.54) is 17.5 Å². The average Bonchev–Trinajstić information content (AvgIpc) is 2.48. The van der Waals surface area contributed by atoms with Crippen LogP contribution in [0.15, 0.2) is 59.1 Å². The minimum absolute atomic E-state index is 0.244. The van der Waals surface area contributed by atoms with Gasteiger partial charge < -0.3 is 0 Å². The monoisotopic (exact) mass is 330 g/mol. The van der Waals surface area contributed by atoms with Crippen LogP contribution in [0.3, 0.4) is 0 Å². The van der Waals surface area contributed by atoms with E-state index in [1.54, 1.807) is 0 Å². The molecule has 0 saturated heterocycles. The fraction of sp³-hybridized carbons (Fsp3) is 0.368. The van der Waals surface area contributed by atoms with Gasteiger partial charge in [-0.3, -0.25) is 0 Å². The van der Waals surface area contributed by atoms with Crippen molar-refractivity contribution in [3.63, 3.8) is 0 Å². The van der Waals surface area contributed by atoms with Crippen molar-refractivity contribution in [3.8, 4) is 0 Å². The van der Waals surface area contributed by atoms with Crippen LogP contribution in [0.2, 0.25) is 0 Å². The maximum Gasteiger partial charge on any atom is 0.0175 e. The first kappa shape index (κ1) is 15.3. The summed E-state index contributed by atoms with van der Waals surface area (Å²) in [5.74, 6) is 0.563. The van der Waals surface area contributed by atoms with Gasteiger partial charge in [-0.15, -0.1) is 0 Å². The molecule has 0 nitrogen and oxygen atoms in total. The van der Waals surface area contributed by atoms with Crippen LogP contribution in [-0.4, -0.2) is 0 Å². The molecule has 0 saturated carbocycles. The van der Waals surface area contributed by atoms with Gasteiger partial charge >= 0.3 is 0 Å². The first-order valence-electron chi connectivity index (χ1n) is 7.36. The van der Waals surface area contributed by atoms with Crippen molar-refractivity contribution < 1.29 is 0 Å². The van der Waals surface area contributed by atoms with E-state index in [0.29, 0.717) is 5.92 Å².